The second kappa shape index (κ2) is 12.4. The number of fused-ring (bicyclic) bond motifs is 11. The van der Waals surface area contributed by atoms with E-state index in [4.69, 9.17) is 0 Å². The molecule has 0 heterocycles. The highest BCUT2D eigenvalue weighted by Gasteiger charge is 2.19. The maximum Gasteiger partial charge on any atom is 0.123 e. The van der Waals surface area contributed by atoms with Gasteiger partial charge in [0.1, 0.15) is 23.3 Å². The van der Waals surface area contributed by atoms with Crippen LogP contribution in [0.15, 0.2) is 170 Å². The van der Waals surface area contributed by atoms with Crippen LogP contribution >= 0.6 is 0 Å². The standard InChI is InChI=1S/C50H28F4/c51-37-13-1-29(2-14-37)33-9-21-41-42-22-10-35(31-5-17-39(53)18-6-31)27-47(42)50-48-28-36(32-7-19-40(54)20-8-32)12-24-44(48)43-23-11-34(30-3-15-38(52)16-4-30)26-46(43)49(50)45(41)25-33/h1-28H. The van der Waals surface area contributed by atoms with E-state index in [1.54, 1.807) is 48.5 Å². The van der Waals surface area contributed by atoms with Crippen LogP contribution in [0.25, 0.3) is 98.4 Å². The fourth-order valence-electron chi connectivity index (χ4n) is 8.06. The minimum atomic E-state index is -0.296. The molecule has 0 nitrogen and oxygen atoms in total. The highest BCUT2D eigenvalue weighted by atomic mass is 19.1. The van der Waals surface area contributed by atoms with E-state index in [0.717, 1.165) is 98.4 Å². The summed E-state index contributed by atoms with van der Waals surface area (Å²) in [7, 11) is 0. The Bertz CT molecular complexity index is 2670. The van der Waals surface area contributed by atoms with Crippen molar-refractivity contribution in [2.45, 2.75) is 0 Å². The molecule has 0 fully saturated rings. The lowest BCUT2D eigenvalue weighted by Gasteiger charge is -2.19. The highest BCUT2D eigenvalue weighted by Crippen LogP contribution is 2.47. The second-order valence-corrected chi connectivity index (χ2v) is 13.8. The van der Waals surface area contributed by atoms with Crippen molar-refractivity contribution in [3.63, 3.8) is 0 Å². The zero-order valence-electron chi connectivity index (χ0n) is 28.7. The van der Waals surface area contributed by atoms with Crippen LogP contribution in [0.5, 0.6) is 0 Å². The van der Waals surface area contributed by atoms with E-state index in [0.29, 0.717) is 0 Å². The number of hydrogen-bond donors (Lipinski definition) is 0. The zero-order chi connectivity index (χ0) is 36.5. The summed E-state index contributed by atoms with van der Waals surface area (Å²) in [5.41, 5.74) is 7.40. The summed E-state index contributed by atoms with van der Waals surface area (Å²) < 4.78 is 56.2. The van der Waals surface area contributed by atoms with E-state index >= 15 is 0 Å². The van der Waals surface area contributed by atoms with Gasteiger partial charge in [-0.3, -0.25) is 0 Å². The molecule has 54 heavy (non-hydrogen) atoms. The molecule has 0 N–H and O–H groups in total. The lowest BCUT2D eigenvalue weighted by Crippen LogP contribution is -1.92. The third-order valence-corrected chi connectivity index (χ3v) is 10.7. The van der Waals surface area contributed by atoms with Crippen LogP contribution in [0, 0.1) is 23.3 Å². The second-order valence-electron chi connectivity index (χ2n) is 13.8. The van der Waals surface area contributed by atoms with Gasteiger partial charge in [0, 0.05) is 0 Å². The SMILES string of the molecule is Fc1ccc(-c2ccc3c4ccc(-c5ccc(F)cc5)cc4c4c5cc(-c6ccc(F)cc6)ccc5c5ccc(-c6ccc(F)cc6)cc5c4c3c2)cc1. The lowest BCUT2D eigenvalue weighted by atomic mass is 9.84. The molecule has 0 aromatic heterocycles. The van der Waals surface area contributed by atoms with Crippen LogP contribution in [0.3, 0.4) is 0 Å². The van der Waals surface area contributed by atoms with Crippen molar-refractivity contribution in [3.05, 3.63) is 193 Å². The molecule has 4 heteroatoms. The average molecular weight is 705 g/mol. The molecule has 10 aromatic carbocycles. The van der Waals surface area contributed by atoms with E-state index in [1.807, 2.05) is 0 Å². The van der Waals surface area contributed by atoms with Crippen LogP contribution in [-0.4, -0.2) is 0 Å². The third kappa shape index (κ3) is 5.30. The van der Waals surface area contributed by atoms with E-state index in [2.05, 4.69) is 72.8 Å². The molecule has 10 rings (SSSR count). The Balaban J connectivity index is 1.41. The highest BCUT2D eigenvalue weighted by molar-refractivity contribution is 6.40. The first-order valence-electron chi connectivity index (χ1n) is 17.7. The average Bonchev–Trinajstić information content (AvgIpc) is 3.21. The van der Waals surface area contributed by atoms with Crippen molar-refractivity contribution in [1.29, 1.82) is 0 Å². The first kappa shape index (κ1) is 31.9. The van der Waals surface area contributed by atoms with Crippen LogP contribution < -0.4 is 0 Å². The Morgan fingerprint density at radius 1 is 0.185 bits per heavy atom. The smallest absolute Gasteiger partial charge is 0.123 e. The van der Waals surface area contributed by atoms with Gasteiger partial charge in [0.25, 0.3) is 0 Å². The molecule has 0 saturated heterocycles. The fourth-order valence-corrected chi connectivity index (χ4v) is 8.06. The van der Waals surface area contributed by atoms with Crippen molar-refractivity contribution < 1.29 is 17.6 Å². The van der Waals surface area contributed by atoms with Gasteiger partial charge >= 0.3 is 0 Å². The minimum Gasteiger partial charge on any atom is -0.207 e. The Morgan fingerprint density at radius 3 is 0.574 bits per heavy atom. The molecule has 0 saturated carbocycles. The van der Waals surface area contributed by atoms with Crippen LogP contribution in [-0.2, 0) is 0 Å². The van der Waals surface area contributed by atoms with E-state index < -0.39 is 0 Å². The molecule has 0 bridgehead atoms. The van der Waals surface area contributed by atoms with Crippen LogP contribution in [0.2, 0.25) is 0 Å². The predicted octanol–water partition coefficient (Wildman–Crippen LogP) is 14.7. The quantitative estimate of drug-likeness (QED) is 0.126. The molecule has 0 radical (unpaired) electrons. The van der Waals surface area contributed by atoms with Gasteiger partial charge in [-0.2, -0.15) is 0 Å². The summed E-state index contributed by atoms with van der Waals surface area (Å²) in [5, 5.41) is 10.4. The van der Waals surface area contributed by atoms with Gasteiger partial charge in [-0.05, 0) is 171 Å². The summed E-state index contributed by atoms with van der Waals surface area (Å²) in [6.45, 7) is 0. The summed E-state index contributed by atoms with van der Waals surface area (Å²) in [4.78, 5) is 0. The maximum absolute atomic E-state index is 14.1. The van der Waals surface area contributed by atoms with Gasteiger partial charge in [-0.15, -0.1) is 0 Å². The number of halogens is 4. The van der Waals surface area contributed by atoms with E-state index in [-0.39, 0.29) is 23.3 Å². The van der Waals surface area contributed by atoms with Gasteiger partial charge < -0.3 is 0 Å². The molecule has 0 spiro atoms. The molecule has 0 atom stereocenters. The van der Waals surface area contributed by atoms with E-state index in [9.17, 15) is 17.6 Å². The fraction of sp³-hybridized carbons (Fsp3) is 0. The van der Waals surface area contributed by atoms with Gasteiger partial charge in [0.2, 0.25) is 0 Å². The predicted molar refractivity (Wildman–Crippen MR) is 216 cm³/mol. The topological polar surface area (TPSA) is 0 Å². The summed E-state index contributed by atoms with van der Waals surface area (Å²) >= 11 is 0. The minimum absolute atomic E-state index is 0.296. The molecule has 10 aromatic rings. The molecule has 0 aliphatic carbocycles. The summed E-state index contributed by atoms with van der Waals surface area (Å²) in [6, 6.07) is 51.8. The molecular formula is C50H28F4. The zero-order valence-corrected chi connectivity index (χ0v) is 28.7. The first-order chi connectivity index (χ1) is 26.4. The number of benzene rings is 10. The Labute approximate surface area is 308 Å². The largest absolute Gasteiger partial charge is 0.207 e. The Kier molecular flexibility index (Phi) is 7.34. The van der Waals surface area contributed by atoms with Crippen molar-refractivity contribution in [2.24, 2.45) is 0 Å². The Hall–Kier alpha value is -6.78. The molecule has 0 aliphatic rings. The van der Waals surface area contributed by atoms with Crippen LogP contribution in [0.4, 0.5) is 17.6 Å². The number of rotatable bonds is 4. The third-order valence-electron chi connectivity index (χ3n) is 10.7. The van der Waals surface area contributed by atoms with Gasteiger partial charge in [-0.25, -0.2) is 17.6 Å². The molecule has 0 unspecified atom stereocenters. The van der Waals surface area contributed by atoms with Crippen molar-refractivity contribution >= 4 is 53.9 Å². The lowest BCUT2D eigenvalue weighted by molar-refractivity contribution is 0.627. The molecule has 0 aliphatic heterocycles. The molecule has 0 amide bonds. The van der Waals surface area contributed by atoms with E-state index in [1.165, 1.54) is 48.5 Å². The van der Waals surface area contributed by atoms with Crippen LogP contribution in [0.1, 0.15) is 0 Å². The van der Waals surface area contributed by atoms with Crippen molar-refractivity contribution in [3.8, 4) is 44.5 Å². The van der Waals surface area contributed by atoms with Crippen molar-refractivity contribution in [2.75, 3.05) is 0 Å². The Morgan fingerprint density at radius 2 is 0.370 bits per heavy atom. The normalized spacial score (nSPS) is 11.7. The number of hydrogen-bond acceptors (Lipinski definition) is 0. The monoisotopic (exact) mass is 704 g/mol. The maximum atomic E-state index is 14.1. The summed E-state index contributed by atoms with van der Waals surface area (Å²) in [6.07, 6.45) is 0. The molecule has 256 valence electrons. The molecular weight excluding hydrogens is 677 g/mol. The van der Waals surface area contributed by atoms with Gasteiger partial charge in [0.05, 0.1) is 0 Å². The van der Waals surface area contributed by atoms with Gasteiger partial charge in [-0.1, -0.05) is 97.1 Å². The van der Waals surface area contributed by atoms with Crippen molar-refractivity contribution in [1.82, 2.24) is 0 Å². The first-order valence-corrected chi connectivity index (χ1v) is 17.7. The van der Waals surface area contributed by atoms with Gasteiger partial charge in [0.15, 0.2) is 0 Å². The summed E-state index contributed by atoms with van der Waals surface area (Å²) in [5.74, 6) is -1.18.